The van der Waals surface area contributed by atoms with Gasteiger partial charge in [-0.25, -0.2) is 19.3 Å². The molecule has 0 unspecified atom stereocenters. The van der Waals surface area contributed by atoms with Crippen LogP contribution in [0, 0.1) is 6.92 Å². The summed E-state index contributed by atoms with van der Waals surface area (Å²) in [5.74, 6) is 0.343. The maximum Gasteiger partial charge on any atom is 0.259 e. The third-order valence-corrected chi connectivity index (χ3v) is 4.96. The van der Waals surface area contributed by atoms with E-state index in [2.05, 4.69) is 20.4 Å². The first-order valence-electron chi connectivity index (χ1n) is 10.0. The lowest BCUT2D eigenvalue weighted by Crippen LogP contribution is -2.12. The highest BCUT2D eigenvalue weighted by Gasteiger charge is 2.19. The molecule has 0 saturated carbocycles. The van der Waals surface area contributed by atoms with Crippen LogP contribution in [0.15, 0.2) is 91.8 Å². The van der Waals surface area contributed by atoms with Crippen LogP contribution in [0.3, 0.4) is 0 Å². The van der Waals surface area contributed by atoms with E-state index >= 15 is 0 Å². The van der Waals surface area contributed by atoms with Crippen molar-refractivity contribution < 1.29 is 4.79 Å². The maximum atomic E-state index is 13.2. The molecular weight excluding hydrogens is 402 g/mol. The molecule has 5 rings (SSSR count). The Balaban J connectivity index is 1.47. The van der Waals surface area contributed by atoms with Gasteiger partial charge in [0.15, 0.2) is 5.82 Å². The quantitative estimate of drug-likeness (QED) is 0.462. The Morgan fingerprint density at radius 1 is 0.938 bits per heavy atom. The van der Waals surface area contributed by atoms with Gasteiger partial charge >= 0.3 is 0 Å². The van der Waals surface area contributed by atoms with Gasteiger partial charge in [0.25, 0.3) is 5.91 Å². The molecule has 0 radical (unpaired) electrons. The first kappa shape index (κ1) is 19.4. The molecule has 8 heteroatoms. The number of aryl methyl sites for hydroxylation is 1. The molecule has 0 aliphatic heterocycles. The van der Waals surface area contributed by atoms with Crippen LogP contribution in [0.4, 0.5) is 5.69 Å². The SMILES string of the molecule is Cc1ccc(-n2cc(C(=O)Nc3ccc(-n4cncn4)nc3)c(-c3ccccc3)n2)cc1. The van der Waals surface area contributed by atoms with E-state index in [-0.39, 0.29) is 5.91 Å². The summed E-state index contributed by atoms with van der Waals surface area (Å²) in [5.41, 5.74) is 4.55. The van der Waals surface area contributed by atoms with Crippen molar-refractivity contribution in [3.05, 3.63) is 103 Å². The highest BCUT2D eigenvalue weighted by molar-refractivity contribution is 6.08. The van der Waals surface area contributed by atoms with Gasteiger partial charge in [-0.1, -0.05) is 48.0 Å². The summed E-state index contributed by atoms with van der Waals surface area (Å²) in [6.07, 6.45) is 6.33. The Bertz CT molecular complexity index is 1340. The molecule has 5 aromatic rings. The van der Waals surface area contributed by atoms with Gasteiger partial charge in [-0.15, -0.1) is 0 Å². The number of aromatic nitrogens is 6. The zero-order chi connectivity index (χ0) is 21.9. The molecule has 0 atom stereocenters. The van der Waals surface area contributed by atoms with Gasteiger partial charge in [0, 0.05) is 11.8 Å². The first-order chi connectivity index (χ1) is 15.7. The van der Waals surface area contributed by atoms with Crippen molar-refractivity contribution in [3.8, 4) is 22.8 Å². The van der Waals surface area contributed by atoms with Crippen molar-refractivity contribution in [1.29, 1.82) is 0 Å². The number of carbonyl (C=O) groups is 1. The summed E-state index contributed by atoms with van der Waals surface area (Å²) in [6, 6.07) is 21.2. The highest BCUT2D eigenvalue weighted by Crippen LogP contribution is 2.25. The third-order valence-electron chi connectivity index (χ3n) is 4.96. The lowest BCUT2D eigenvalue weighted by Gasteiger charge is -2.06. The zero-order valence-electron chi connectivity index (χ0n) is 17.3. The van der Waals surface area contributed by atoms with Crippen molar-refractivity contribution in [2.24, 2.45) is 0 Å². The number of rotatable bonds is 5. The van der Waals surface area contributed by atoms with Crippen LogP contribution in [-0.4, -0.2) is 35.4 Å². The molecule has 0 fully saturated rings. The fraction of sp³-hybridized carbons (Fsp3) is 0.0417. The summed E-state index contributed by atoms with van der Waals surface area (Å²) < 4.78 is 3.27. The van der Waals surface area contributed by atoms with Crippen molar-refractivity contribution in [3.63, 3.8) is 0 Å². The van der Waals surface area contributed by atoms with Gasteiger partial charge in [0.1, 0.15) is 18.3 Å². The van der Waals surface area contributed by atoms with Gasteiger partial charge in [-0.3, -0.25) is 4.79 Å². The third kappa shape index (κ3) is 3.89. The maximum absolute atomic E-state index is 13.2. The Morgan fingerprint density at radius 2 is 1.75 bits per heavy atom. The average Bonchev–Trinajstić information content (AvgIpc) is 3.52. The van der Waals surface area contributed by atoms with Crippen LogP contribution in [-0.2, 0) is 0 Å². The van der Waals surface area contributed by atoms with Crippen molar-refractivity contribution in [2.45, 2.75) is 6.92 Å². The van der Waals surface area contributed by atoms with E-state index in [0.29, 0.717) is 22.8 Å². The number of hydrogen-bond acceptors (Lipinski definition) is 5. The average molecular weight is 421 g/mol. The number of pyridine rings is 1. The minimum atomic E-state index is -0.266. The highest BCUT2D eigenvalue weighted by atomic mass is 16.1. The second-order valence-corrected chi connectivity index (χ2v) is 7.24. The molecule has 3 aromatic heterocycles. The number of carbonyl (C=O) groups excluding carboxylic acids is 1. The standard InChI is InChI=1S/C24H19N7O/c1-17-7-10-20(11-8-17)30-14-21(23(29-30)18-5-3-2-4-6-18)24(32)28-19-9-12-22(26-13-19)31-16-25-15-27-31/h2-16H,1H3,(H,28,32). The molecule has 8 nitrogen and oxygen atoms in total. The second kappa shape index (κ2) is 8.27. The molecule has 2 aromatic carbocycles. The molecule has 1 N–H and O–H groups in total. The van der Waals surface area contributed by atoms with Gasteiger partial charge in [-0.2, -0.15) is 10.2 Å². The zero-order valence-corrected chi connectivity index (χ0v) is 17.3. The van der Waals surface area contributed by atoms with E-state index in [1.165, 1.54) is 6.33 Å². The molecule has 156 valence electrons. The number of amides is 1. The van der Waals surface area contributed by atoms with Crippen molar-refractivity contribution in [2.75, 3.05) is 5.32 Å². The molecule has 0 aliphatic carbocycles. The normalized spacial score (nSPS) is 10.8. The monoisotopic (exact) mass is 421 g/mol. The molecule has 0 saturated heterocycles. The van der Waals surface area contributed by atoms with Crippen LogP contribution in [0.2, 0.25) is 0 Å². The van der Waals surface area contributed by atoms with Gasteiger partial charge < -0.3 is 5.32 Å². The lowest BCUT2D eigenvalue weighted by atomic mass is 10.1. The molecule has 0 bridgehead atoms. The molecular formula is C24H19N7O. The predicted octanol–water partition coefficient (Wildman–Crippen LogP) is 4.08. The van der Waals surface area contributed by atoms with Gasteiger partial charge in [0.05, 0.1) is 23.1 Å². The fourth-order valence-corrected chi connectivity index (χ4v) is 3.30. The topological polar surface area (TPSA) is 90.5 Å². The number of nitrogens with zero attached hydrogens (tertiary/aromatic N) is 6. The Hall–Kier alpha value is -4.59. The number of nitrogens with one attached hydrogen (secondary N) is 1. The van der Waals surface area contributed by atoms with E-state index in [0.717, 1.165) is 16.8 Å². The molecule has 0 aliphatic rings. The Labute approximate surface area is 184 Å². The first-order valence-corrected chi connectivity index (χ1v) is 10.0. The summed E-state index contributed by atoms with van der Waals surface area (Å²) in [6.45, 7) is 2.03. The summed E-state index contributed by atoms with van der Waals surface area (Å²) in [4.78, 5) is 21.4. The summed E-state index contributed by atoms with van der Waals surface area (Å²) >= 11 is 0. The van der Waals surface area contributed by atoms with Gasteiger partial charge in [-0.05, 0) is 31.2 Å². The van der Waals surface area contributed by atoms with E-state index in [4.69, 9.17) is 5.10 Å². The van der Waals surface area contributed by atoms with Crippen LogP contribution in [0.5, 0.6) is 0 Å². The molecule has 32 heavy (non-hydrogen) atoms. The van der Waals surface area contributed by atoms with Crippen molar-refractivity contribution >= 4 is 11.6 Å². The second-order valence-electron chi connectivity index (χ2n) is 7.24. The summed E-state index contributed by atoms with van der Waals surface area (Å²) in [7, 11) is 0. The van der Waals surface area contributed by atoms with Crippen molar-refractivity contribution in [1.82, 2.24) is 29.5 Å². The molecule has 1 amide bonds. The minimum Gasteiger partial charge on any atom is -0.320 e. The van der Waals surface area contributed by atoms with E-state index in [1.54, 1.807) is 40.2 Å². The smallest absolute Gasteiger partial charge is 0.259 e. The number of benzene rings is 2. The fourth-order valence-electron chi connectivity index (χ4n) is 3.30. The van der Waals surface area contributed by atoms with Crippen LogP contribution in [0.1, 0.15) is 15.9 Å². The predicted molar refractivity (Wildman–Crippen MR) is 121 cm³/mol. The lowest BCUT2D eigenvalue weighted by molar-refractivity contribution is 0.102. The Morgan fingerprint density at radius 3 is 2.44 bits per heavy atom. The molecule has 3 heterocycles. The number of anilines is 1. The van der Waals surface area contributed by atoms with E-state index < -0.39 is 0 Å². The largest absolute Gasteiger partial charge is 0.320 e. The van der Waals surface area contributed by atoms with E-state index in [9.17, 15) is 4.79 Å². The number of hydrogen-bond donors (Lipinski definition) is 1. The van der Waals surface area contributed by atoms with Gasteiger partial charge in [0.2, 0.25) is 0 Å². The minimum absolute atomic E-state index is 0.266. The van der Waals surface area contributed by atoms with Crippen LogP contribution in [0.25, 0.3) is 22.8 Å². The molecule has 0 spiro atoms. The summed E-state index contributed by atoms with van der Waals surface area (Å²) in [5, 5.41) is 11.7. The van der Waals surface area contributed by atoms with Crippen LogP contribution < -0.4 is 5.32 Å². The van der Waals surface area contributed by atoms with Crippen LogP contribution >= 0.6 is 0 Å². The Kier molecular flexibility index (Phi) is 5.01. The van der Waals surface area contributed by atoms with E-state index in [1.807, 2.05) is 61.5 Å².